The van der Waals surface area contributed by atoms with E-state index < -0.39 is 0 Å². The first kappa shape index (κ1) is 14.2. The highest BCUT2D eigenvalue weighted by Gasteiger charge is 2.37. The van der Waals surface area contributed by atoms with Crippen LogP contribution in [-0.4, -0.2) is 16.4 Å². The zero-order chi connectivity index (χ0) is 13.3. The molecule has 1 amide bonds. The zero-order valence-electron chi connectivity index (χ0n) is 9.93. The monoisotopic (exact) mass is 392 g/mol. The molecule has 1 saturated heterocycles. The molecule has 3 nitrogen and oxygen atoms in total. The third-order valence-electron chi connectivity index (χ3n) is 3.02. The van der Waals surface area contributed by atoms with Gasteiger partial charge >= 0.3 is 0 Å². The van der Waals surface area contributed by atoms with Gasteiger partial charge in [0.05, 0.1) is 16.1 Å². The second kappa shape index (κ2) is 5.43. The Labute approximate surface area is 128 Å². The zero-order valence-corrected chi connectivity index (χ0v) is 13.9. The number of nitrogens with two attached hydrogens (primary N) is 1. The van der Waals surface area contributed by atoms with E-state index in [4.69, 9.17) is 5.73 Å². The van der Waals surface area contributed by atoms with Crippen molar-refractivity contribution in [2.75, 3.05) is 16.8 Å². The van der Waals surface area contributed by atoms with Crippen LogP contribution in [0, 0.1) is 0 Å². The van der Waals surface area contributed by atoms with E-state index in [1.165, 1.54) is 0 Å². The number of carbonyl (C=O) groups is 1. The maximum Gasteiger partial charge on any atom is 0.240 e. The minimum Gasteiger partial charge on any atom is -0.397 e. The van der Waals surface area contributed by atoms with Crippen molar-refractivity contribution in [1.82, 2.24) is 0 Å². The molecule has 0 radical (unpaired) electrons. The molecule has 1 aromatic rings. The van der Waals surface area contributed by atoms with Crippen molar-refractivity contribution in [1.29, 1.82) is 0 Å². The lowest BCUT2D eigenvalue weighted by Crippen LogP contribution is -2.35. The summed E-state index contributed by atoms with van der Waals surface area (Å²) in [5.74, 6) is 1.07. The molecule has 0 spiro atoms. The second-order valence-electron chi connectivity index (χ2n) is 4.49. The fourth-order valence-electron chi connectivity index (χ4n) is 1.93. The van der Waals surface area contributed by atoms with E-state index in [2.05, 4.69) is 37.2 Å². The molecule has 98 valence electrons. The van der Waals surface area contributed by atoms with E-state index in [1.807, 2.05) is 13.0 Å². The number of thioether (sulfide) groups is 1. The van der Waals surface area contributed by atoms with E-state index in [-0.39, 0.29) is 10.7 Å². The van der Waals surface area contributed by atoms with Crippen LogP contribution in [0.1, 0.15) is 19.8 Å². The summed E-state index contributed by atoms with van der Waals surface area (Å²) in [4.78, 5) is 12.3. The Morgan fingerprint density at radius 3 is 2.78 bits per heavy atom. The number of nitrogen functional groups attached to an aromatic ring is 1. The van der Waals surface area contributed by atoms with Gasteiger partial charge in [-0.05, 0) is 53.6 Å². The molecule has 2 rings (SSSR count). The number of amides is 1. The highest BCUT2D eigenvalue weighted by atomic mass is 79.9. The molecule has 0 saturated carbocycles. The maximum atomic E-state index is 12.3. The van der Waals surface area contributed by atoms with Gasteiger partial charge in [-0.2, -0.15) is 0 Å². The lowest BCUT2D eigenvalue weighted by Gasteiger charge is -2.22. The Hall–Kier alpha value is -0.200. The highest BCUT2D eigenvalue weighted by Crippen LogP contribution is 2.40. The first-order chi connectivity index (χ1) is 8.42. The van der Waals surface area contributed by atoms with Crippen molar-refractivity contribution >= 4 is 60.9 Å². The largest absolute Gasteiger partial charge is 0.397 e. The number of anilines is 2. The Bertz CT molecular complexity index is 464. The average molecular weight is 394 g/mol. The number of benzene rings is 1. The van der Waals surface area contributed by atoms with Crippen LogP contribution >= 0.6 is 43.6 Å². The quantitative estimate of drug-likeness (QED) is 0.746. The minimum absolute atomic E-state index is 0.0275. The van der Waals surface area contributed by atoms with E-state index >= 15 is 0 Å². The summed E-state index contributed by atoms with van der Waals surface area (Å²) in [6, 6.07) is 3.65. The summed E-state index contributed by atoms with van der Waals surface area (Å²) in [5.41, 5.74) is 7.13. The van der Waals surface area contributed by atoms with Crippen LogP contribution in [0.15, 0.2) is 21.1 Å². The van der Waals surface area contributed by atoms with Crippen molar-refractivity contribution in [2.45, 2.75) is 24.5 Å². The smallest absolute Gasteiger partial charge is 0.240 e. The molecule has 0 bridgehead atoms. The summed E-state index contributed by atoms with van der Waals surface area (Å²) < 4.78 is 1.33. The summed E-state index contributed by atoms with van der Waals surface area (Å²) in [7, 11) is 0. The van der Waals surface area contributed by atoms with Gasteiger partial charge in [-0.3, -0.25) is 4.79 Å². The predicted molar refractivity (Wildman–Crippen MR) is 85.0 cm³/mol. The Morgan fingerprint density at radius 2 is 2.22 bits per heavy atom. The predicted octanol–water partition coefficient (Wildman–Crippen LogP) is 4.02. The van der Waals surface area contributed by atoms with Gasteiger partial charge in [0.25, 0.3) is 0 Å². The average Bonchev–Trinajstić information content (AvgIpc) is 2.71. The maximum absolute atomic E-state index is 12.3. The molecule has 1 aliphatic heterocycles. The molecule has 0 aromatic heterocycles. The molecule has 1 aromatic carbocycles. The van der Waals surface area contributed by atoms with Crippen LogP contribution in [-0.2, 0) is 4.79 Å². The van der Waals surface area contributed by atoms with Crippen LogP contribution in [0.4, 0.5) is 11.4 Å². The lowest BCUT2D eigenvalue weighted by atomic mass is 10.0. The molecule has 1 heterocycles. The van der Waals surface area contributed by atoms with Crippen molar-refractivity contribution < 1.29 is 4.79 Å². The van der Waals surface area contributed by atoms with E-state index in [1.54, 1.807) is 17.8 Å². The first-order valence-electron chi connectivity index (χ1n) is 5.62. The van der Waals surface area contributed by atoms with Gasteiger partial charge in [0.15, 0.2) is 0 Å². The molecule has 1 fully saturated rings. The van der Waals surface area contributed by atoms with Gasteiger partial charge < -0.3 is 11.1 Å². The first-order valence-corrected chi connectivity index (χ1v) is 8.19. The van der Waals surface area contributed by atoms with Gasteiger partial charge in [0.2, 0.25) is 5.91 Å². The lowest BCUT2D eigenvalue weighted by molar-refractivity contribution is -0.118. The number of hydrogen-bond donors (Lipinski definition) is 2. The van der Waals surface area contributed by atoms with Crippen LogP contribution in [0.2, 0.25) is 0 Å². The van der Waals surface area contributed by atoms with Gasteiger partial charge in [-0.15, -0.1) is 11.8 Å². The van der Waals surface area contributed by atoms with Gasteiger partial charge in [-0.25, -0.2) is 0 Å². The van der Waals surface area contributed by atoms with Gasteiger partial charge in [0.1, 0.15) is 0 Å². The third-order valence-corrected chi connectivity index (χ3v) is 5.63. The number of halogens is 2. The second-order valence-corrected chi connectivity index (χ2v) is 7.86. The normalized spacial score (nSPS) is 23.1. The molecule has 3 N–H and O–H groups in total. The Kier molecular flexibility index (Phi) is 4.29. The molecule has 0 aliphatic carbocycles. The van der Waals surface area contributed by atoms with Gasteiger partial charge in [-0.1, -0.05) is 15.9 Å². The van der Waals surface area contributed by atoms with Crippen LogP contribution in [0.5, 0.6) is 0 Å². The molecule has 1 unspecified atom stereocenters. The van der Waals surface area contributed by atoms with Crippen molar-refractivity contribution in [3.63, 3.8) is 0 Å². The third kappa shape index (κ3) is 2.86. The highest BCUT2D eigenvalue weighted by molar-refractivity contribution is 9.11. The Balaban J connectivity index is 2.22. The number of hydrogen-bond acceptors (Lipinski definition) is 3. The molecule has 18 heavy (non-hydrogen) atoms. The van der Waals surface area contributed by atoms with Crippen LogP contribution < -0.4 is 11.1 Å². The van der Waals surface area contributed by atoms with E-state index in [0.29, 0.717) is 11.4 Å². The summed E-state index contributed by atoms with van der Waals surface area (Å²) in [6.07, 6.45) is 2.00. The minimum atomic E-state index is -0.334. The van der Waals surface area contributed by atoms with Crippen molar-refractivity contribution in [3.05, 3.63) is 21.1 Å². The van der Waals surface area contributed by atoms with Crippen molar-refractivity contribution in [3.8, 4) is 0 Å². The molecule has 1 atom stereocenters. The van der Waals surface area contributed by atoms with Crippen LogP contribution in [0.25, 0.3) is 0 Å². The molecule has 6 heteroatoms. The SMILES string of the molecule is CC1(C(=O)Nc2c(N)cc(Br)cc2Br)CCCS1. The van der Waals surface area contributed by atoms with E-state index in [0.717, 1.165) is 27.5 Å². The number of carbonyl (C=O) groups excluding carboxylic acids is 1. The fourth-order valence-corrected chi connectivity index (χ4v) is 4.50. The van der Waals surface area contributed by atoms with E-state index in [9.17, 15) is 4.79 Å². The standard InChI is InChI=1S/C12H14Br2N2OS/c1-12(3-2-4-18-12)11(17)16-10-8(14)5-7(13)6-9(10)15/h5-6H,2-4,15H2,1H3,(H,16,17). The molecular formula is C12H14Br2N2OS. The van der Waals surface area contributed by atoms with Crippen LogP contribution in [0.3, 0.4) is 0 Å². The summed E-state index contributed by atoms with van der Waals surface area (Å²) >= 11 is 8.49. The molecular weight excluding hydrogens is 380 g/mol. The Morgan fingerprint density at radius 1 is 1.50 bits per heavy atom. The number of nitrogens with one attached hydrogen (secondary N) is 1. The van der Waals surface area contributed by atoms with Crippen molar-refractivity contribution in [2.24, 2.45) is 0 Å². The topological polar surface area (TPSA) is 55.1 Å². The number of rotatable bonds is 2. The summed E-state index contributed by atoms with van der Waals surface area (Å²) in [6.45, 7) is 1.99. The molecule has 1 aliphatic rings. The fraction of sp³-hybridized carbons (Fsp3) is 0.417. The van der Waals surface area contributed by atoms with Gasteiger partial charge in [0, 0.05) is 8.95 Å². The summed E-state index contributed by atoms with van der Waals surface area (Å²) in [5, 5.41) is 2.94.